The summed E-state index contributed by atoms with van der Waals surface area (Å²) in [5.74, 6) is 5.82. The number of carbonyl (C=O) groups is 1. The van der Waals surface area contributed by atoms with E-state index in [-0.39, 0.29) is 17.9 Å². The van der Waals surface area contributed by atoms with Crippen molar-refractivity contribution in [1.29, 1.82) is 5.26 Å². The zero-order valence-electron chi connectivity index (χ0n) is 10.6. The number of hydrazine groups is 1. The summed E-state index contributed by atoms with van der Waals surface area (Å²) in [6.07, 6.45) is 3.42. The van der Waals surface area contributed by atoms with Crippen molar-refractivity contribution in [2.75, 3.05) is 0 Å². The molecular formula is C14H17N3O2. The van der Waals surface area contributed by atoms with Crippen LogP contribution in [-0.4, -0.2) is 12.0 Å². The molecule has 2 rings (SSSR count). The summed E-state index contributed by atoms with van der Waals surface area (Å²) in [5.41, 5.74) is 2.82. The first kappa shape index (κ1) is 13.4. The molecular weight excluding hydrogens is 242 g/mol. The second-order valence-corrected chi connectivity index (χ2v) is 4.74. The molecule has 0 atom stereocenters. The van der Waals surface area contributed by atoms with Crippen LogP contribution >= 0.6 is 0 Å². The van der Waals surface area contributed by atoms with Crippen LogP contribution in [0.25, 0.3) is 0 Å². The van der Waals surface area contributed by atoms with E-state index >= 15 is 0 Å². The molecule has 0 bridgehead atoms. The number of hydrogen-bond acceptors (Lipinski definition) is 4. The molecule has 100 valence electrons. The van der Waals surface area contributed by atoms with Crippen LogP contribution < -0.4 is 16.0 Å². The van der Waals surface area contributed by atoms with Gasteiger partial charge in [0.2, 0.25) is 5.91 Å². The van der Waals surface area contributed by atoms with Crippen molar-refractivity contribution < 1.29 is 9.53 Å². The van der Waals surface area contributed by atoms with Crippen molar-refractivity contribution >= 4 is 5.91 Å². The van der Waals surface area contributed by atoms with Gasteiger partial charge in [-0.1, -0.05) is 0 Å². The zero-order chi connectivity index (χ0) is 13.7. The molecule has 1 saturated carbocycles. The fourth-order valence-electron chi connectivity index (χ4n) is 2.36. The molecule has 1 aliphatic rings. The van der Waals surface area contributed by atoms with E-state index in [1.807, 2.05) is 0 Å². The number of nitrogens with two attached hydrogens (primary N) is 1. The van der Waals surface area contributed by atoms with E-state index in [1.54, 1.807) is 24.3 Å². The Morgan fingerprint density at radius 3 is 2.42 bits per heavy atom. The summed E-state index contributed by atoms with van der Waals surface area (Å²) in [7, 11) is 0. The van der Waals surface area contributed by atoms with Gasteiger partial charge in [-0.2, -0.15) is 5.26 Å². The minimum absolute atomic E-state index is 0.00538. The highest BCUT2D eigenvalue weighted by Crippen LogP contribution is 2.27. The lowest BCUT2D eigenvalue weighted by Gasteiger charge is -2.27. The molecule has 1 amide bonds. The molecule has 0 unspecified atom stereocenters. The van der Waals surface area contributed by atoms with E-state index in [2.05, 4.69) is 11.5 Å². The van der Waals surface area contributed by atoms with Crippen LogP contribution in [0, 0.1) is 17.2 Å². The molecule has 1 aromatic carbocycles. The largest absolute Gasteiger partial charge is 0.490 e. The number of hydrogen-bond donors (Lipinski definition) is 2. The predicted octanol–water partition coefficient (Wildman–Crippen LogP) is 1.49. The van der Waals surface area contributed by atoms with Gasteiger partial charge in [0.25, 0.3) is 0 Å². The normalized spacial score (nSPS) is 22.3. The van der Waals surface area contributed by atoms with Crippen molar-refractivity contribution in [2.24, 2.45) is 11.8 Å². The number of amides is 1. The Morgan fingerprint density at radius 2 is 1.89 bits per heavy atom. The van der Waals surface area contributed by atoms with Crippen LogP contribution in [0.1, 0.15) is 31.2 Å². The number of nitriles is 1. The van der Waals surface area contributed by atoms with Gasteiger partial charge in [0, 0.05) is 5.92 Å². The SMILES string of the molecule is N#Cc1ccc(O[C@H]2CC[C@H](C(=O)NN)CC2)cc1. The van der Waals surface area contributed by atoms with E-state index in [4.69, 9.17) is 15.8 Å². The molecule has 0 radical (unpaired) electrons. The molecule has 5 heteroatoms. The van der Waals surface area contributed by atoms with Gasteiger partial charge in [0.15, 0.2) is 0 Å². The van der Waals surface area contributed by atoms with Gasteiger partial charge in [-0.3, -0.25) is 10.2 Å². The maximum Gasteiger partial charge on any atom is 0.236 e. The number of rotatable bonds is 3. The molecule has 1 aliphatic carbocycles. The Bertz CT molecular complexity index is 470. The van der Waals surface area contributed by atoms with E-state index < -0.39 is 0 Å². The molecule has 3 N–H and O–H groups in total. The molecule has 0 aliphatic heterocycles. The molecule has 0 heterocycles. The van der Waals surface area contributed by atoms with Crippen LogP contribution in [0.3, 0.4) is 0 Å². The zero-order valence-corrected chi connectivity index (χ0v) is 10.6. The molecule has 1 fully saturated rings. The lowest BCUT2D eigenvalue weighted by molar-refractivity contribution is -0.126. The average molecular weight is 259 g/mol. The lowest BCUT2D eigenvalue weighted by atomic mass is 9.87. The third kappa shape index (κ3) is 3.46. The van der Waals surface area contributed by atoms with E-state index in [0.717, 1.165) is 31.4 Å². The van der Waals surface area contributed by atoms with Crippen molar-refractivity contribution in [3.05, 3.63) is 29.8 Å². The first-order chi connectivity index (χ1) is 9.22. The highest BCUT2D eigenvalue weighted by Gasteiger charge is 2.26. The van der Waals surface area contributed by atoms with E-state index in [0.29, 0.717) is 5.56 Å². The quantitative estimate of drug-likeness (QED) is 0.489. The van der Waals surface area contributed by atoms with Gasteiger partial charge in [0.05, 0.1) is 17.7 Å². The first-order valence-electron chi connectivity index (χ1n) is 6.40. The summed E-state index contributed by atoms with van der Waals surface area (Å²) in [6.45, 7) is 0. The number of carbonyl (C=O) groups excluding carboxylic acids is 1. The average Bonchev–Trinajstić information content (AvgIpc) is 2.48. The van der Waals surface area contributed by atoms with Crippen molar-refractivity contribution in [2.45, 2.75) is 31.8 Å². The summed E-state index contributed by atoms with van der Waals surface area (Å²) in [6, 6.07) is 9.15. The smallest absolute Gasteiger partial charge is 0.236 e. The van der Waals surface area contributed by atoms with Crippen LogP contribution in [0.4, 0.5) is 0 Å². The number of benzene rings is 1. The summed E-state index contributed by atoms with van der Waals surface area (Å²) < 4.78 is 5.84. The van der Waals surface area contributed by atoms with Gasteiger partial charge in [-0.15, -0.1) is 0 Å². The van der Waals surface area contributed by atoms with Crippen LogP contribution in [-0.2, 0) is 4.79 Å². The third-order valence-electron chi connectivity index (χ3n) is 3.47. The molecule has 0 aromatic heterocycles. The fraction of sp³-hybridized carbons (Fsp3) is 0.429. The Labute approximate surface area is 112 Å². The minimum Gasteiger partial charge on any atom is -0.490 e. The maximum absolute atomic E-state index is 11.4. The van der Waals surface area contributed by atoms with Crippen LogP contribution in [0.15, 0.2) is 24.3 Å². The van der Waals surface area contributed by atoms with E-state index in [1.165, 1.54) is 0 Å². The van der Waals surface area contributed by atoms with Crippen molar-refractivity contribution in [3.63, 3.8) is 0 Å². The molecule has 5 nitrogen and oxygen atoms in total. The fourth-order valence-corrected chi connectivity index (χ4v) is 2.36. The first-order valence-corrected chi connectivity index (χ1v) is 6.40. The molecule has 19 heavy (non-hydrogen) atoms. The summed E-state index contributed by atoms with van der Waals surface area (Å²) >= 11 is 0. The lowest BCUT2D eigenvalue weighted by Crippen LogP contribution is -2.38. The molecule has 0 saturated heterocycles. The Kier molecular flexibility index (Phi) is 4.37. The second kappa shape index (κ2) is 6.21. The van der Waals surface area contributed by atoms with Gasteiger partial charge >= 0.3 is 0 Å². The Hall–Kier alpha value is -2.06. The van der Waals surface area contributed by atoms with E-state index in [9.17, 15) is 4.79 Å². The summed E-state index contributed by atoms with van der Waals surface area (Å²) in [5, 5.41) is 8.72. The summed E-state index contributed by atoms with van der Waals surface area (Å²) in [4.78, 5) is 11.4. The van der Waals surface area contributed by atoms with Gasteiger partial charge in [0.1, 0.15) is 5.75 Å². The van der Waals surface area contributed by atoms with Crippen molar-refractivity contribution in [1.82, 2.24) is 5.43 Å². The van der Waals surface area contributed by atoms with Crippen LogP contribution in [0.5, 0.6) is 5.75 Å². The topological polar surface area (TPSA) is 88.1 Å². The standard InChI is InChI=1S/C14H17N3O2/c15-9-10-1-5-12(6-2-10)19-13-7-3-11(4-8-13)14(18)17-16/h1-2,5-6,11,13H,3-4,7-8,16H2,(H,17,18)/t11-,13-. The van der Waals surface area contributed by atoms with Gasteiger partial charge in [-0.05, 0) is 49.9 Å². The highest BCUT2D eigenvalue weighted by atomic mass is 16.5. The Morgan fingerprint density at radius 1 is 1.26 bits per heavy atom. The molecule has 0 spiro atoms. The maximum atomic E-state index is 11.4. The second-order valence-electron chi connectivity index (χ2n) is 4.74. The highest BCUT2D eigenvalue weighted by molar-refractivity contribution is 5.78. The predicted molar refractivity (Wildman–Crippen MR) is 69.9 cm³/mol. The van der Waals surface area contributed by atoms with Crippen molar-refractivity contribution in [3.8, 4) is 11.8 Å². The minimum atomic E-state index is -0.0863. The van der Waals surface area contributed by atoms with Gasteiger partial charge < -0.3 is 4.74 Å². The van der Waals surface area contributed by atoms with Gasteiger partial charge in [-0.25, -0.2) is 5.84 Å². The third-order valence-corrected chi connectivity index (χ3v) is 3.47. The molecule has 1 aromatic rings. The number of ether oxygens (including phenoxy) is 1. The van der Waals surface area contributed by atoms with Crippen LogP contribution in [0.2, 0.25) is 0 Å². The number of nitrogens with one attached hydrogen (secondary N) is 1. The Balaban J connectivity index is 1.85. The number of nitrogens with zero attached hydrogens (tertiary/aromatic N) is 1. The monoisotopic (exact) mass is 259 g/mol.